The van der Waals surface area contributed by atoms with Gasteiger partial charge in [0.25, 0.3) is 0 Å². The maximum absolute atomic E-state index is 11.4. The van der Waals surface area contributed by atoms with Gasteiger partial charge in [-0.3, -0.25) is 4.99 Å². The van der Waals surface area contributed by atoms with Crippen LogP contribution in [-0.4, -0.2) is 16.3 Å². The van der Waals surface area contributed by atoms with Crippen LogP contribution in [0.15, 0.2) is 102 Å². The van der Waals surface area contributed by atoms with E-state index < -0.39 is 0 Å². The number of nitrogens with zero attached hydrogens (tertiary/aromatic N) is 2. The number of benzene rings is 5. The molecule has 3 nitrogen and oxygen atoms in total. The monoisotopic (exact) mass is 692 g/mol. The molecule has 5 aromatic carbocycles. The Morgan fingerprint density at radius 2 is 1.29 bits per heavy atom. The first-order chi connectivity index (χ1) is 23.9. The average Bonchev–Trinajstić information content (AvgIpc) is 3.50. The number of fused-ring (bicyclic) bond motifs is 1. The minimum Gasteiger partial charge on any atom is -0.507 e. The standard InChI is InChI=1S/C47H52N2OS/c1-29(2)32-15-14-16-33(23-32)30-19-21-31(22-20-30)38-25-36(46(6,7)8)27-41-42(38)49-44(51-41)37-17-12-13-18-40(37)48-28-34-24-35(45(3,4)5)26-39(43(34)50)47(9,10)11/h12-29,50H,1-11H3. The number of para-hydroxylation sites is 1. The Bertz CT molecular complexity index is 2230. The van der Waals surface area contributed by atoms with Crippen molar-refractivity contribution in [2.24, 2.45) is 4.99 Å². The molecule has 0 spiro atoms. The summed E-state index contributed by atoms with van der Waals surface area (Å²) in [7, 11) is 0. The Morgan fingerprint density at radius 3 is 1.94 bits per heavy atom. The second-order valence-corrected chi connectivity index (χ2v) is 18.3. The first-order valence-electron chi connectivity index (χ1n) is 18.1. The van der Waals surface area contributed by atoms with Crippen LogP contribution in [0.25, 0.3) is 43.0 Å². The molecule has 0 saturated heterocycles. The zero-order chi connectivity index (χ0) is 36.9. The van der Waals surface area contributed by atoms with E-state index >= 15 is 0 Å². The van der Waals surface area contributed by atoms with Gasteiger partial charge in [0.05, 0.1) is 15.9 Å². The second kappa shape index (κ2) is 13.5. The van der Waals surface area contributed by atoms with E-state index in [-0.39, 0.29) is 22.0 Å². The largest absolute Gasteiger partial charge is 0.507 e. The van der Waals surface area contributed by atoms with Crippen molar-refractivity contribution in [1.82, 2.24) is 4.98 Å². The molecule has 0 fully saturated rings. The lowest BCUT2D eigenvalue weighted by Gasteiger charge is -2.27. The molecule has 0 aliphatic rings. The number of hydrogen-bond donors (Lipinski definition) is 1. The maximum atomic E-state index is 11.4. The highest BCUT2D eigenvalue weighted by molar-refractivity contribution is 7.21. The Labute approximate surface area is 309 Å². The minimum absolute atomic E-state index is 0.0258. The van der Waals surface area contributed by atoms with E-state index in [4.69, 9.17) is 9.98 Å². The minimum atomic E-state index is -0.213. The van der Waals surface area contributed by atoms with Crippen LogP contribution >= 0.6 is 11.3 Å². The lowest BCUT2D eigenvalue weighted by molar-refractivity contribution is 0.444. The van der Waals surface area contributed by atoms with Crippen LogP contribution in [-0.2, 0) is 16.2 Å². The molecule has 6 rings (SSSR count). The van der Waals surface area contributed by atoms with Crippen LogP contribution in [0.5, 0.6) is 5.75 Å². The molecule has 0 aliphatic heterocycles. The highest BCUT2D eigenvalue weighted by atomic mass is 32.1. The van der Waals surface area contributed by atoms with Gasteiger partial charge in [0.2, 0.25) is 0 Å². The number of thiazole rings is 1. The van der Waals surface area contributed by atoms with Crippen LogP contribution in [0.4, 0.5) is 5.69 Å². The van der Waals surface area contributed by atoms with Gasteiger partial charge in [0, 0.05) is 28.5 Å². The Balaban J connectivity index is 1.44. The molecule has 262 valence electrons. The summed E-state index contributed by atoms with van der Waals surface area (Å²) in [5.74, 6) is 0.773. The number of rotatable bonds is 6. The quantitative estimate of drug-likeness (QED) is 0.177. The van der Waals surface area contributed by atoms with Crippen molar-refractivity contribution in [3.8, 4) is 38.6 Å². The fraction of sp³-hybridized carbons (Fsp3) is 0.319. The number of aliphatic imine (C=N–C) groups is 1. The van der Waals surface area contributed by atoms with Gasteiger partial charge in [-0.25, -0.2) is 4.98 Å². The van der Waals surface area contributed by atoms with Gasteiger partial charge in [0.15, 0.2) is 0 Å². The molecular weight excluding hydrogens is 641 g/mol. The van der Waals surface area contributed by atoms with Gasteiger partial charge < -0.3 is 5.11 Å². The molecule has 1 N–H and O–H groups in total. The molecule has 51 heavy (non-hydrogen) atoms. The Morgan fingerprint density at radius 1 is 0.647 bits per heavy atom. The number of phenolic OH excluding ortho intramolecular Hbond substituents is 1. The van der Waals surface area contributed by atoms with Crippen LogP contribution in [0.1, 0.15) is 110 Å². The van der Waals surface area contributed by atoms with Crippen LogP contribution < -0.4 is 0 Å². The highest BCUT2D eigenvalue weighted by Gasteiger charge is 2.25. The number of hydrogen-bond acceptors (Lipinski definition) is 4. The van der Waals surface area contributed by atoms with Crippen molar-refractivity contribution in [1.29, 1.82) is 0 Å². The van der Waals surface area contributed by atoms with Crippen molar-refractivity contribution in [2.75, 3.05) is 0 Å². The molecule has 0 atom stereocenters. The molecule has 1 heterocycles. The Hall–Kier alpha value is -4.54. The SMILES string of the molecule is CC(C)c1cccc(-c2ccc(-c3cc(C(C)(C)C)cc4sc(-c5ccccc5N=Cc5cc(C(C)(C)C)cc(C(C)(C)C)c5O)nc34)cc2)c1. The van der Waals surface area contributed by atoms with E-state index in [1.54, 1.807) is 11.3 Å². The van der Waals surface area contributed by atoms with Crippen molar-refractivity contribution >= 4 is 33.5 Å². The molecule has 0 amide bonds. The maximum Gasteiger partial charge on any atom is 0.128 e. The van der Waals surface area contributed by atoms with Crippen molar-refractivity contribution < 1.29 is 5.11 Å². The van der Waals surface area contributed by atoms with Crippen molar-refractivity contribution in [3.05, 3.63) is 125 Å². The van der Waals surface area contributed by atoms with Gasteiger partial charge in [0.1, 0.15) is 10.8 Å². The summed E-state index contributed by atoms with van der Waals surface area (Å²) in [6, 6.07) is 34.8. The van der Waals surface area contributed by atoms with Gasteiger partial charge >= 0.3 is 0 Å². The van der Waals surface area contributed by atoms with E-state index in [9.17, 15) is 5.11 Å². The zero-order valence-corrected chi connectivity index (χ0v) is 33.0. The topological polar surface area (TPSA) is 45.5 Å². The summed E-state index contributed by atoms with van der Waals surface area (Å²) in [5.41, 5.74) is 12.7. The van der Waals surface area contributed by atoms with Crippen LogP contribution in [0.3, 0.4) is 0 Å². The number of aromatic hydroxyl groups is 1. The average molecular weight is 693 g/mol. The zero-order valence-electron chi connectivity index (χ0n) is 32.1. The summed E-state index contributed by atoms with van der Waals surface area (Å²) in [6.45, 7) is 24.3. The predicted octanol–water partition coefficient (Wildman–Crippen LogP) is 13.8. The predicted molar refractivity (Wildman–Crippen MR) is 221 cm³/mol. The highest BCUT2D eigenvalue weighted by Crippen LogP contribution is 2.43. The van der Waals surface area contributed by atoms with Crippen LogP contribution in [0.2, 0.25) is 0 Å². The number of phenols is 1. The normalized spacial score (nSPS) is 12.8. The third-order valence-corrected chi connectivity index (χ3v) is 10.8. The summed E-state index contributed by atoms with van der Waals surface area (Å²) < 4.78 is 1.16. The van der Waals surface area contributed by atoms with Gasteiger partial charge in [-0.1, -0.05) is 143 Å². The van der Waals surface area contributed by atoms with E-state index in [0.29, 0.717) is 5.92 Å². The van der Waals surface area contributed by atoms with Gasteiger partial charge in [-0.15, -0.1) is 11.3 Å². The summed E-state index contributed by atoms with van der Waals surface area (Å²) in [5, 5.41) is 12.3. The second-order valence-electron chi connectivity index (χ2n) is 17.2. The molecule has 0 aliphatic carbocycles. The molecule has 6 aromatic rings. The molecule has 4 heteroatoms. The van der Waals surface area contributed by atoms with E-state index in [0.717, 1.165) is 48.7 Å². The smallest absolute Gasteiger partial charge is 0.128 e. The fourth-order valence-electron chi connectivity index (χ4n) is 6.38. The lowest BCUT2D eigenvalue weighted by Crippen LogP contribution is -2.17. The van der Waals surface area contributed by atoms with Crippen molar-refractivity contribution in [2.45, 2.75) is 98.3 Å². The molecule has 0 saturated carbocycles. The first-order valence-corrected chi connectivity index (χ1v) is 18.9. The fourth-order valence-corrected chi connectivity index (χ4v) is 7.45. The van der Waals surface area contributed by atoms with Gasteiger partial charge in [-0.05, 0) is 85.9 Å². The lowest BCUT2D eigenvalue weighted by atomic mass is 9.79. The van der Waals surface area contributed by atoms with E-state index in [2.05, 4.69) is 155 Å². The van der Waals surface area contributed by atoms with E-state index in [1.807, 2.05) is 24.4 Å². The van der Waals surface area contributed by atoms with Gasteiger partial charge in [-0.2, -0.15) is 0 Å². The third kappa shape index (κ3) is 7.72. The summed E-state index contributed by atoms with van der Waals surface area (Å²) in [4.78, 5) is 10.3. The van der Waals surface area contributed by atoms with E-state index in [1.165, 1.54) is 27.8 Å². The molecule has 0 radical (unpaired) electrons. The Kier molecular flexibility index (Phi) is 9.63. The number of aromatic nitrogens is 1. The van der Waals surface area contributed by atoms with Crippen molar-refractivity contribution in [3.63, 3.8) is 0 Å². The first kappa shape index (κ1) is 36.3. The third-order valence-electron chi connectivity index (χ3n) is 9.73. The molecule has 0 unspecified atom stereocenters. The molecular formula is C47H52N2OS. The molecule has 0 bridgehead atoms. The van der Waals surface area contributed by atoms with Crippen LogP contribution in [0, 0.1) is 0 Å². The molecule has 1 aromatic heterocycles. The summed E-state index contributed by atoms with van der Waals surface area (Å²) >= 11 is 1.71. The summed E-state index contributed by atoms with van der Waals surface area (Å²) in [6.07, 6.45) is 1.81.